The maximum absolute atomic E-state index is 12.4. The Hall–Kier alpha value is -2.41. The molecule has 1 saturated heterocycles. The molecule has 11 nitrogen and oxygen atoms in total. The SMILES string of the molecule is CC(C)(C)OC(=O)C1CCN(c2c(Cl)cc(C(=O)N=C(N)N)cc2S(N)(=O)=O)C(N)C1. The van der Waals surface area contributed by atoms with Crippen LogP contribution >= 0.6 is 11.6 Å². The summed E-state index contributed by atoms with van der Waals surface area (Å²) >= 11 is 6.33. The zero-order chi connectivity index (χ0) is 23.7. The highest BCUT2D eigenvalue weighted by Crippen LogP contribution is 2.38. The van der Waals surface area contributed by atoms with Crippen molar-refractivity contribution in [2.45, 2.75) is 50.3 Å². The number of hydrogen-bond donors (Lipinski definition) is 4. The van der Waals surface area contributed by atoms with Gasteiger partial charge in [0.15, 0.2) is 5.96 Å². The van der Waals surface area contributed by atoms with Crippen molar-refractivity contribution in [3.8, 4) is 0 Å². The first-order valence-corrected chi connectivity index (χ1v) is 11.3. The minimum atomic E-state index is -4.30. The molecule has 1 aromatic rings. The molecule has 0 radical (unpaired) electrons. The van der Waals surface area contributed by atoms with Crippen LogP contribution < -0.4 is 27.2 Å². The molecule has 1 aliphatic rings. The fourth-order valence-corrected chi connectivity index (χ4v) is 4.42. The second-order valence-corrected chi connectivity index (χ2v) is 10.1. The van der Waals surface area contributed by atoms with Crippen LogP contribution in [-0.2, 0) is 19.6 Å². The molecule has 2 atom stereocenters. The number of amides is 1. The molecule has 8 N–H and O–H groups in total. The number of sulfonamides is 1. The van der Waals surface area contributed by atoms with Crippen molar-refractivity contribution >= 4 is 45.1 Å². The van der Waals surface area contributed by atoms with Gasteiger partial charge in [0, 0.05) is 12.1 Å². The summed E-state index contributed by atoms with van der Waals surface area (Å²) in [4.78, 5) is 29.0. The standard InChI is InChI=1S/C18H27ClN6O5S/c1-18(2,3)30-16(27)9-4-5-25(13(20)8-9)14-11(19)6-10(15(26)24-17(21)22)7-12(14)31(23,28)29/h6-7,9,13H,4-5,8,20H2,1-3H3,(H2,23,28,29)(H4,21,22,24,26). The van der Waals surface area contributed by atoms with E-state index in [0.717, 1.165) is 6.07 Å². The maximum Gasteiger partial charge on any atom is 0.309 e. The van der Waals surface area contributed by atoms with Crippen molar-refractivity contribution in [2.75, 3.05) is 11.4 Å². The van der Waals surface area contributed by atoms with E-state index in [1.165, 1.54) is 11.0 Å². The van der Waals surface area contributed by atoms with E-state index in [4.69, 9.17) is 38.7 Å². The lowest BCUT2D eigenvalue weighted by Gasteiger charge is -2.39. The molecule has 2 unspecified atom stereocenters. The summed E-state index contributed by atoms with van der Waals surface area (Å²) in [6.45, 7) is 5.52. The summed E-state index contributed by atoms with van der Waals surface area (Å²) in [5.74, 6) is -2.21. The molecule has 0 bridgehead atoms. The van der Waals surface area contributed by atoms with Gasteiger partial charge in [-0.05, 0) is 45.7 Å². The summed E-state index contributed by atoms with van der Waals surface area (Å²) in [5.41, 5.74) is 15.9. The van der Waals surface area contributed by atoms with E-state index in [9.17, 15) is 18.0 Å². The molecule has 13 heteroatoms. The van der Waals surface area contributed by atoms with Crippen molar-refractivity contribution in [2.24, 2.45) is 33.3 Å². The van der Waals surface area contributed by atoms with Crippen LogP contribution in [0.15, 0.2) is 22.0 Å². The van der Waals surface area contributed by atoms with Crippen LogP contribution in [0.3, 0.4) is 0 Å². The van der Waals surface area contributed by atoms with Crippen LogP contribution in [0, 0.1) is 5.92 Å². The maximum atomic E-state index is 12.4. The Bertz CT molecular complexity index is 1020. The number of carbonyl (C=O) groups is 2. The number of hydrogen-bond acceptors (Lipinski definition) is 7. The van der Waals surface area contributed by atoms with E-state index >= 15 is 0 Å². The summed E-state index contributed by atoms with van der Waals surface area (Å²) in [6, 6.07) is 2.27. The molecule has 1 aliphatic heterocycles. The zero-order valence-corrected chi connectivity index (χ0v) is 19.0. The minimum absolute atomic E-state index is 0.0422. The van der Waals surface area contributed by atoms with Crippen LogP contribution in [0.2, 0.25) is 5.02 Å². The molecule has 1 heterocycles. The monoisotopic (exact) mass is 474 g/mol. The number of esters is 1. The molecular weight excluding hydrogens is 448 g/mol. The Morgan fingerprint density at radius 1 is 1.26 bits per heavy atom. The van der Waals surface area contributed by atoms with Crippen LogP contribution in [0.25, 0.3) is 0 Å². The number of benzene rings is 1. The molecule has 0 saturated carbocycles. The van der Waals surface area contributed by atoms with Crippen LogP contribution in [-0.4, -0.2) is 44.6 Å². The van der Waals surface area contributed by atoms with Gasteiger partial charge in [0.25, 0.3) is 5.91 Å². The Morgan fingerprint density at radius 3 is 2.35 bits per heavy atom. The highest BCUT2D eigenvalue weighted by molar-refractivity contribution is 7.89. The number of halogens is 1. The average Bonchev–Trinajstić information content (AvgIpc) is 2.58. The van der Waals surface area contributed by atoms with Crippen molar-refractivity contribution in [3.05, 3.63) is 22.7 Å². The van der Waals surface area contributed by atoms with E-state index < -0.39 is 44.5 Å². The van der Waals surface area contributed by atoms with E-state index in [0.29, 0.717) is 6.42 Å². The third-order valence-electron chi connectivity index (χ3n) is 4.48. The highest BCUT2D eigenvalue weighted by atomic mass is 35.5. The summed E-state index contributed by atoms with van der Waals surface area (Å²) in [6.07, 6.45) is -0.176. The van der Waals surface area contributed by atoms with Gasteiger partial charge in [0.1, 0.15) is 10.5 Å². The van der Waals surface area contributed by atoms with Gasteiger partial charge in [-0.25, -0.2) is 13.6 Å². The first kappa shape index (κ1) is 24.9. The smallest absolute Gasteiger partial charge is 0.309 e. The van der Waals surface area contributed by atoms with Gasteiger partial charge in [-0.15, -0.1) is 0 Å². The Labute approximate surface area is 185 Å². The quantitative estimate of drug-likeness (QED) is 0.268. The van der Waals surface area contributed by atoms with Crippen molar-refractivity contribution < 1.29 is 22.7 Å². The third kappa shape index (κ3) is 6.29. The number of piperidine rings is 1. The van der Waals surface area contributed by atoms with Gasteiger partial charge in [-0.2, -0.15) is 4.99 Å². The van der Waals surface area contributed by atoms with Gasteiger partial charge in [-0.3, -0.25) is 9.59 Å². The molecule has 31 heavy (non-hydrogen) atoms. The Balaban J connectivity index is 2.41. The van der Waals surface area contributed by atoms with Gasteiger partial charge in [-0.1, -0.05) is 11.6 Å². The number of guanidine groups is 1. The van der Waals surface area contributed by atoms with Gasteiger partial charge in [0.05, 0.1) is 22.8 Å². The fraction of sp³-hybridized carbons (Fsp3) is 0.500. The normalized spacial score (nSPS) is 19.6. The number of carbonyl (C=O) groups excluding carboxylic acids is 2. The summed E-state index contributed by atoms with van der Waals surface area (Å²) in [5, 5.41) is 5.29. The number of rotatable bonds is 4. The lowest BCUT2D eigenvalue weighted by atomic mass is 9.93. The van der Waals surface area contributed by atoms with Crippen molar-refractivity contribution in [1.29, 1.82) is 0 Å². The summed E-state index contributed by atoms with van der Waals surface area (Å²) < 4.78 is 29.9. The average molecular weight is 475 g/mol. The highest BCUT2D eigenvalue weighted by Gasteiger charge is 2.36. The minimum Gasteiger partial charge on any atom is -0.460 e. The van der Waals surface area contributed by atoms with Gasteiger partial charge >= 0.3 is 5.97 Å². The van der Waals surface area contributed by atoms with Crippen LogP contribution in [0.1, 0.15) is 44.0 Å². The molecule has 0 aromatic heterocycles. The summed E-state index contributed by atoms with van der Waals surface area (Å²) in [7, 11) is -4.30. The number of ether oxygens (including phenoxy) is 1. The number of nitrogens with two attached hydrogens (primary N) is 4. The largest absolute Gasteiger partial charge is 0.460 e. The Kier molecular flexibility index (Phi) is 7.21. The van der Waals surface area contributed by atoms with Gasteiger partial charge in [0.2, 0.25) is 10.0 Å². The molecule has 0 aliphatic carbocycles. The number of aliphatic imine (C=N–C) groups is 1. The van der Waals surface area contributed by atoms with E-state index in [1.807, 2.05) is 0 Å². The second kappa shape index (κ2) is 8.99. The number of nitrogens with zero attached hydrogens (tertiary/aromatic N) is 2. The van der Waals surface area contributed by atoms with Gasteiger partial charge < -0.3 is 26.8 Å². The predicted molar refractivity (Wildman–Crippen MR) is 117 cm³/mol. The molecule has 1 aromatic carbocycles. The van der Waals surface area contributed by atoms with Crippen molar-refractivity contribution in [1.82, 2.24) is 0 Å². The first-order chi connectivity index (χ1) is 14.1. The lowest BCUT2D eigenvalue weighted by molar-refractivity contribution is -0.161. The molecule has 172 valence electrons. The van der Waals surface area contributed by atoms with Crippen molar-refractivity contribution in [3.63, 3.8) is 0 Å². The first-order valence-electron chi connectivity index (χ1n) is 9.35. The number of anilines is 1. The third-order valence-corrected chi connectivity index (χ3v) is 5.70. The molecular formula is C18H27ClN6O5S. The topological polar surface area (TPSA) is 197 Å². The molecule has 0 spiro atoms. The van der Waals surface area contributed by atoms with E-state index in [-0.39, 0.29) is 35.2 Å². The lowest BCUT2D eigenvalue weighted by Crippen LogP contribution is -2.50. The van der Waals surface area contributed by atoms with E-state index in [1.54, 1.807) is 20.8 Å². The van der Waals surface area contributed by atoms with Crippen LogP contribution in [0.5, 0.6) is 0 Å². The van der Waals surface area contributed by atoms with Crippen LogP contribution in [0.4, 0.5) is 5.69 Å². The zero-order valence-electron chi connectivity index (χ0n) is 17.5. The fourth-order valence-electron chi connectivity index (χ4n) is 3.25. The predicted octanol–water partition coefficient (Wildman–Crippen LogP) is 0.244. The molecule has 1 amide bonds. The number of primary sulfonamides is 1. The molecule has 1 fully saturated rings. The van der Waals surface area contributed by atoms with E-state index in [2.05, 4.69) is 4.99 Å². The second-order valence-electron chi connectivity index (χ2n) is 8.21. The molecule has 2 rings (SSSR count). The Morgan fingerprint density at radius 2 is 1.87 bits per heavy atom.